The normalized spacial score (nSPS) is 11.2. The van der Waals surface area contributed by atoms with E-state index < -0.39 is 0 Å². The molecule has 0 aliphatic heterocycles. The van der Waals surface area contributed by atoms with E-state index in [4.69, 9.17) is 19.0 Å². The van der Waals surface area contributed by atoms with E-state index in [1.54, 1.807) is 27.3 Å². The Morgan fingerprint density at radius 1 is 1.12 bits per heavy atom. The molecule has 166 valence electrons. The zero-order valence-electron chi connectivity index (χ0n) is 18.7. The van der Waals surface area contributed by atoms with Crippen molar-refractivity contribution in [1.29, 1.82) is 0 Å². The summed E-state index contributed by atoms with van der Waals surface area (Å²) in [5, 5.41) is 7.72. The Labute approximate surface area is 185 Å². The van der Waals surface area contributed by atoms with E-state index in [2.05, 4.69) is 15.5 Å². The zero-order chi connectivity index (χ0) is 22.8. The highest BCUT2D eigenvalue weighted by Crippen LogP contribution is 2.33. The molecule has 3 aromatic heterocycles. The summed E-state index contributed by atoms with van der Waals surface area (Å²) in [6.07, 6.45) is 1.50. The molecule has 0 atom stereocenters. The lowest BCUT2D eigenvalue weighted by atomic mass is 10.1. The Morgan fingerprint density at radius 3 is 2.59 bits per heavy atom. The molecule has 32 heavy (non-hydrogen) atoms. The topological polar surface area (TPSA) is 104 Å². The number of pyridine rings is 1. The van der Waals surface area contributed by atoms with E-state index in [0.717, 1.165) is 11.3 Å². The van der Waals surface area contributed by atoms with Crippen LogP contribution in [0, 0.1) is 0 Å². The quantitative estimate of drug-likeness (QED) is 0.468. The maximum absolute atomic E-state index is 12.9. The Morgan fingerprint density at radius 2 is 1.91 bits per heavy atom. The van der Waals surface area contributed by atoms with Crippen LogP contribution in [0.15, 0.2) is 46.0 Å². The van der Waals surface area contributed by atoms with Crippen molar-refractivity contribution >= 4 is 16.7 Å². The molecule has 0 spiro atoms. The number of methoxy groups -OCH3 is 2. The minimum absolute atomic E-state index is 0.190. The molecule has 9 heteroatoms. The first kappa shape index (κ1) is 21.4. The van der Waals surface area contributed by atoms with Crippen molar-refractivity contribution in [2.24, 2.45) is 7.05 Å². The summed E-state index contributed by atoms with van der Waals surface area (Å²) in [5.74, 6) is 2.54. The average molecular weight is 435 g/mol. The van der Waals surface area contributed by atoms with Crippen LogP contribution in [0.25, 0.3) is 22.2 Å². The highest BCUT2D eigenvalue weighted by Gasteiger charge is 2.16. The van der Waals surface area contributed by atoms with Gasteiger partial charge < -0.3 is 23.9 Å². The van der Waals surface area contributed by atoms with E-state index in [1.165, 1.54) is 10.9 Å². The highest BCUT2D eigenvalue weighted by atomic mass is 16.5. The largest absolute Gasteiger partial charge is 0.493 e. The number of hydrogen-bond acceptors (Lipinski definition) is 8. The van der Waals surface area contributed by atoms with Gasteiger partial charge in [-0.05, 0) is 30.2 Å². The van der Waals surface area contributed by atoms with Crippen molar-refractivity contribution in [2.45, 2.75) is 26.3 Å². The third kappa shape index (κ3) is 4.01. The molecule has 0 saturated carbocycles. The van der Waals surface area contributed by atoms with Gasteiger partial charge in [-0.3, -0.25) is 4.79 Å². The first-order chi connectivity index (χ1) is 15.4. The summed E-state index contributed by atoms with van der Waals surface area (Å²) in [7, 11) is 4.82. The molecule has 0 aliphatic carbocycles. The van der Waals surface area contributed by atoms with Crippen molar-refractivity contribution in [2.75, 3.05) is 19.5 Å². The Kier molecular flexibility index (Phi) is 5.81. The molecule has 0 saturated heterocycles. The van der Waals surface area contributed by atoms with Crippen LogP contribution in [0.3, 0.4) is 0 Å². The van der Waals surface area contributed by atoms with Crippen molar-refractivity contribution in [3.8, 4) is 22.8 Å². The molecule has 0 unspecified atom stereocenters. The second-order valence-corrected chi connectivity index (χ2v) is 7.71. The molecule has 1 N–H and O–H groups in total. The number of fused-ring (bicyclic) bond motifs is 1. The number of rotatable bonds is 7. The van der Waals surface area contributed by atoms with Crippen LogP contribution in [0.4, 0.5) is 5.82 Å². The number of anilines is 1. The molecule has 4 aromatic rings. The van der Waals surface area contributed by atoms with Gasteiger partial charge in [-0.1, -0.05) is 19.0 Å². The summed E-state index contributed by atoms with van der Waals surface area (Å²) < 4.78 is 17.6. The maximum atomic E-state index is 12.9. The maximum Gasteiger partial charge on any atom is 0.264 e. The second kappa shape index (κ2) is 8.70. The summed E-state index contributed by atoms with van der Waals surface area (Å²) in [4.78, 5) is 22.0. The van der Waals surface area contributed by atoms with Gasteiger partial charge in [-0.15, -0.1) is 0 Å². The first-order valence-corrected chi connectivity index (χ1v) is 10.2. The van der Waals surface area contributed by atoms with E-state index in [0.29, 0.717) is 46.2 Å². The summed E-state index contributed by atoms with van der Waals surface area (Å²) >= 11 is 0. The summed E-state index contributed by atoms with van der Waals surface area (Å²) in [6, 6.07) is 9.21. The molecular weight excluding hydrogens is 410 g/mol. The van der Waals surface area contributed by atoms with E-state index >= 15 is 0 Å². The number of benzene rings is 1. The molecule has 0 amide bonds. The Hall–Kier alpha value is -3.88. The fourth-order valence-electron chi connectivity index (χ4n) is 3.35. The van der Waals surface area contributed by atoms with Gasteiger partial charge in [-0.2, -0.15) is 0 Å². The number of aryl methyl sites for hydroxylation is 1. The number of ether oxygens (including phenoxy) is 2. The third-order valence-corrected chi connectivity index (χ3v) is 5.18. The molecule has 4 rings (SSSR count). The smallest absolute Gasteiger partial charge is 0.264 e. The highest BCUT2D eigenvalue weighted by molar-refractivity contribution is 5.91. The van der Waals surface area contributed by atoms with E-state index in [-0.39, 0.29) is 11.5 Å². The van der Waals surface area contributed by atoms with Crippen molar-refractivity contribution in [3.05, 3.63) is 58.5 Å². The molecule has 1 aromatic carbocycles. The third-order valence-electron chi connectivity index (χ3n) is 5.18. The standard InChI is InChI=1S/C23H25N5O4/c1-13(2)16-9-15(32-27-16)11-24-22-21-18(25-12-28(3)23(21)29)10-17(26-22)14-6-7-19(30-4)20(8-14)31-5/h6-10,12-13H,11H2,1-5H3,(H,24,26). The molecule has 0 aliphatic rings. The number of nitrogens with zero attached hydrogens (tertiary/aromatic N) is 4. The van der Waals surface area contributed by atoms with Gasteiger partial charge in [0, 0.05) is 18.7 Å². The average Bonchev–Trinajstić information content (AvgIpc) is 3.28. The minimum Gasteiger partial charge on any atom is -0.493 e. The second-order valence-electron chi connectivity index (χ2n) is 7.71. The fraction of sp³-hybridized carbons (Fsp3) is 0.304. The van der Waals surface area contributed by atoms with Gasteiger partial charge in [0.25, 0.3) is 5.56 Å². The lowest BCUT2D eigenvalue weighted by Crippen LogP contribution is -2.19. The summed E-state index contributed by atoms with van der Waals surface area (Å²) in [6.45, 7) is 4.42. The van der Waals surface area contributed by atoms with Crippen LogP contribution in [0.5, 0.6) is 11.5 Å². The molecular formula is C23H25N5O4. The minimum atomic E-state index is -0.190. The van der Waals surface area contributed by atoms with Gasteiger partial charge in [0.2, 0.25) is 0 Å². The van der Waals surface area contributed by atoms with Crippen LogP contribution in [0.1, 0.15) is 31.2 Å². The lowest BCUT2D eigenvalue weighted by molar-refractivity contribution is 0.355. The SMILES string of the molecule is COc1ccc(-c2cc3ncn(C)c(=O)c3c(NCc3cc(C(C)C)no3)n2)cc1OC. The van der Waals surface area contributed by atoms with Gasteiger partial charge in [0.05, 0.1) is 44.0 Å². The van der Waals surface area contributed by atoms with Gasteiger partial charge in [-0.25, -0.2) is 9.97 Å². The first-order valence-electron chi connectivity index (χ1n) is 10.2. The van der Waals surface area contributed by atoms with Crippen LogP contribution in [-0.2, 0) is 13.6 Å². The van der Waals surface area contributed by atoms with Crippen LogP contribution >= 0.6 is 0 Å². The number of aromatic nitrogens is 4. The Bertz CT molecular complexity index is 1330. The number of hydrogen-bond donors (Lipinski definition) is 1. The number of nitrogens with one attached hydrogen (secondary N) is 1. The van der Waals surface area contributed by atoms with Crippen LogP contribution in [0.2, 0.25) is 0 Å². The van der Waals surface area contributed by atoms with Gasteiger partial charge in [0.15, 0.2) is 17.3 Å². The van der Waals surface area contributed by atoms with E-state index in [1.807, 2.05) is 38.1 Å². The predicted octanol–water partition coefficient (Wildman–Crippen LogP) is 3.74. The molecule has 0 fully saturated rings. The van der Waals surface area contributed by atoms with Crippen molar-refractivity contribution < 1.29 is 14.0 Å². The predicted molar refractivity (Wildman–Crippen MR) is 121 cm³/mol. The van der Waals surface area contributed by atoms with Crippen molar-refractivity contribution in [1.82, 2.24) is 19.7 Å². The lowest BCUT2D eigenvalue weighted by Gasteiger charge is -2.12. The molecule has 0 radical (unpaired) electrons. The van der Waals surface area contributed by atoms with Gasteiger partial charge in [0.1, 0.15) is 11.2 Å². The molecule has 3 heterocycles. The summed E-state index contributed by atoms with van der Waals surface area (Å²) in [5.41, 5.74) is 2.66. The van der Waals surface area contributed by atoms with Crippen molar-refractivity contribution in [3.63, 3.8) is 0 Å². The molecule has 0 bridgehead atoms. The van der Waals surface area contributed by atoms with E-state index in [9.17, 15) is 4.79 Å². The monoisotopic (exact) mass is 435 g/mol. The zero-order valence-corrected chi connectivity index (χ0v) is 18.7. The molecule has 9 nitrogen and oxygen atoms in total. The Balaban J connectivity index is 1.79. The van der Waals surface area contributed by atoms with Gasteiger partial charge >= 0.3 is 0 Å². The fourth-order valence-corrected chi connectivity index (χ4v) is 3.35. The van der Waals surface area contributed by atoms with Crippen LogP contribution < -0.4 is 20.3 Å². The van der Waals surface area contributed by atoms with Crippen LogP contribution in [-0.4, -0.2) is 33.9 Å².